The molecule has 1 unspecified atom stereocenters. The molecule has 3 fully saturated rings. The molecule has 3 heterocycles. The average Bonchev–Trinajstić information content (AvgIpc) is 3.74. The van der Waals surface area contributed by atoms with Gasteiger partial charge in [0.05, 0.1) is 30.6 Å². The molecular formula is C40H44BrN3O7. The number of esters is 1. The summed E-state index contributed by atoms with van der Waals surface area (Å²) in [6.45, 7) is 9.09. The van der Waals surface area contributed by atoms with Crippen molar-refractivity contribution in [3.05, 3.63) is 104 Å². The highest BCUT2D eigenvalue weighted by atomic mass is 79.9. The van der Waals surface area contributed by atoms with Gasteiger partial charge in [-0.1, -0.05) is 88.7 Å². The van der Waals surface area contributed by atoms with E-state index in [0.717, 1.165) is 10.8 Å². The third-order valence-corrected chi connectivity index (χ3v) is 11.5. The van der Waals surface area contributed by atoms with Crippen LogP contribution < -0.4 is 4.90 Å². The van der Waals surface area contributed by atoms with Crippen LogP contribution in [0.15, 0.2) is 98.1 Å². The van der Waals surface area contributed by atoms with E-state index in [4.69, 9.17) is 9.47 Å². The molecule has 3 aliphatic heterocycles. The van der Waals surface area contributed by atoms with Gasteiger partial charge in [-0.25, -0.2) is 0 Å². The highest BCUT2D eigenvalue weighted by Gasteiger charge is 2.77. The second-order valence-electron chi connectivity index (χ2n) is 13.5. The molecule has 3 amide bonds. The quantitative estimate of drug-likeness (QED) is 0.137. The first-order chi connectivity index (χ1) is 24.6. The molecule has 0 radical (unpaired) electrons. The van der Waals surface area contributed by atoms with Gasteiger partial charge in [-0.05, 0) is 48.2 Å². The van der Waals surface area contributed by atoms with Crippen LogP contribution in [0.1, 0.15) is 37.9 Å². The lowest BCUT2D eigenvalue weighted by Gasteiger charge is -2.37. The average molecular weight is 759 g/mol. The van der Waals surface area contributed by atoms with Gasteiger partial charge in [-0.15, -0.1) is 13.2 Å². The topological polar surface area (TPSA) is 117 Å². The maximum atomic E-state index is 14.8. The minimum absolute atomic E-state index is 0.114. The molecule has 51 heavy (non-hydrogen) atoms. The van der Waals surface area contributed by atoms with E-state index in [1.807, 2.05) is 79.7 Å². The highest BCUT2D eigenvalue weighted by Crippen LogP contribution is 2.60. The molecule has 3 aliphatic rings. The number of aliphatic hydroxyl groups is 1. The van der Waals surface area contributed by atoms with Crippen LogP contribution in [0.4, 0.5) is 5.69 Å². The fourth-order valence-electron chi connectivity index (χ4n) is 8.09. The van der Waals surface area contributed by atoms with Crippen LogP contribution >= 0.6 is 15.9 Å². The van der Waals surface area contributed by atoms with Gasteiger partial charge in [0.25, 0.3) is 5.91 Å². The van der Waals surface area contributed by atoms with Crippen molar-refractivity contribution >= 4 is 56.1 Å². The predicted molar refractivity (Wildman–Crippen MR) is 198 cm³/mol. The van der Waals surface area contributed by atoms with Crippen molar-refractivity contribution in [1.29, 1.82) is 0 Å². The standard InChI is InChI=1S/C40H44BrN3O7/c1-5-7-17-31(46)42(4)25(3)34(27-14-9-8-10-15-27)50-39(49)32-33-37(47)44(21-22-45)36(40(33)24-30(41)35(32)51-40)38(48)43(20-6-2)29-19-18-26-13-11-12-16-28(26)23-29/h5-6,8-16,18-19,23,25,30,32-36,45H,1-2,7,17,20-22,24H2,3-4H3/t25-,30?,32+,33-,34+,35+,36+,40-/m1/s1. The van der Waals surface area contributed by atoms with Gasteiger partial charge in [0, 0.05) is 37.1 Å². The second-order valence-corrected chi connectivity index (χ2v) is 14.7. The van der Waals surface area contributed by atoms with E-state index < -0.39 is 53.6 Å². The summed E-state index contributed by atoms with van der Waals surface area (Å²) in [6.07, 6.45) is 2.79. The Balaban J connectivity index is 1.35. The van der Waals surface area contributed by atoms with Gasteiger partial charge in [0.15, 0.2) is 0 Å². The third-order valence-electron chi connectivity index (χ3n) is 10.6. The number of likely N-dealkylation sites (N-methyl/N-ethyl adjacent to an activating group) is 1. The lowest BCUT2D eigenvalue weighted by Crippen LogP contribution is -2.57. The number of β-amino-alcohol motifs (C(OH)–C–C–N with tert-alkyl or cyclic N) is 1. The van der Waals surface area contributed by atoms with Crippen LogP contribution in [-0.4, -0.2) is 94.0 Å². The van der Waals surface area contributed by atoms with Crippen molar-refractivity contribution in [3.63, 3.8) is 0 Å². The number of amides is 3. The normalized spacial score (nSPS) is 26.0. The molecule has 1 N–H and O–H groups in total. The van der Waals surface area contributed by atoms with Crippen LogP contribution in [0.3, 0.4) is 0 Å². The summed E-state index contributed by atoms with van der Waals surface area (Å²) < 4.78 is 13.0. The molecule has 3 aromatic rings. The van der Waals surface area contributed by atoms with Crippen LogP contribution in [0, 0.1) is 11.8 Å². The Morgan fingerprint density at radius 1 is 1.08 bits per heavy atom. The number of nitrogens with zero attached hydrogens (tertiary/aromatic N) is 3. The number of carbonyl (C=O) groups is 4. The van der Waals surface area contributed by atoms with Crippen molar-refractivity contribution in [2.24, 2.45) is 11.8 Å². The number of alkyl halides is 1. The van der Waals surface area contributed by atoms with Gasteiger partial charge in [0.2, 0.25) is 11.8 Å². The molecule has 6 rings (SSSR count). The monoisotopic (exact) mass is 757 g/mol. The van der Waals surface area contributed by atoms with Crippen LogP contribution in [0.2, 0.25) is 0 Å². The Bertz CT molecular complexity index is 1820. The Morgan fingerprint density at radius 2 is 1.78 bits per heavy atom. The molecule has 8 atom stereocenters. The summed E-state index contributed by atoms with van der Waals surface area (Å²) in [7, 11) is 1.68. The number of anilines is 1. The molecule has 268 valence electrons. The van der Waals surface area contributed by atoms with Crippen LogP contribution in [0.5, 0.6) is 0 Å². The van der Waals surface area contributed by atoms with E-state index >= 15 is 0 Å². The van der Waals surface area contributed by atoms with Crippen LogP contribution in [-0.2, 0) is 28.7 Å². The molecule has 1 spiro atoms. The lowest BCUT2D eigenvalue weighted by molar-refractivity contribution is -0.164. The summed E-state index contributed by atoms with van der Waals surface area (Å²) in [5, 5.41) is 12.1. The SMILES string of the molecule is C=CCCC(=O)N(C)[C@H](C)[C@H](OC(=O)[C@@H]1[C@H]2O[C@@]3(CC2Br)[C@H](C(=O)N(CC=C)c2ccc4ccccc4c2)N(CCO)C(=O)[C@@H]13)c1ccccc1. The molecule has 10 nitrogen and oxygen atoms in total. The van der Waals surface area contributed by atoms with Gasteiger partial charge >= 0.3 is 5.97 Å². The Kier molecular flexibility index (Phi) is 10.8. The number of ether oxygens (including phenoxy) is 2. The van der Waals surface area contributed by atoms with Crippen molar-refractivity contribution in [1.82, 2.24) is 9.80 Å². The number of allylic oxidation sites excluding steroid dienone is 1. The molecule has 0 aromatic heterocycles. The minimum atomic E-state index is -1.35. The number of likely N-dealkylation sites (tertiary alicyclic amines) is 1. The van der Waals surface area contributed by atoms with Gasteiger partial charge in [-0.2, -0.15) is 0 Å². The van der Waals surface area contributed by atoms with Crippen LogP contribution in [0.25, 0.3) is 10.8 Å². The summed E-state index contributed by atoms with van der Waals surface area (Å²) in [5.74, 6) is -3.66. The number of hydrogen-bond acceptors (Lipinski definition) is 7. The first kappa shape index (κ1) is 36.5. The maximum Gasteiger partial charge on any atom is 0.313 e. The summed E-state index contributed by atoms with van der Waals surface area (Å²) in [5.41, 5.74) is -0.0350. The number of benzene rings is 3. The predicted octanol–water partition coefficient (Wildman–Crippen LogP) is 5.20. The number of aliphatic hydroxyl groups excluding tert-OH is 1. The summed E-state index contributed by atoms with van der Waals surface area (Å²) in [6, 6.07) is 21.1. The van der Waals surface area contributed by atoms with Crippen molar-refractivity contribution < 1.29 is 33.8 Å². The molecule has 3 saturated heterocycles. The molecular weight excluding hydrogens is 714 g/mol. The second kappa shape index (κ2) is 15.1. The van der Waals surface area contributed by atoms with E-state index in [1.54, 1.807) is 29.0 Å². The molecule has 0 saturated carbocycles. The third kappa shape index (κ3) is 6.51. The Labute approximate surface area is 306 Å². The Morgan fingerprint density at radius 3 is 2.47 bits per heavy atom. The van der Waals surface area contributed by atoms with E-state index in [-0.39, 0.29) is 42.8 Å². The maximum absolute atomic E-state index is 14.8. The zero-order valence-electron chi connectivity index (χ0n) is 28.9. The number of carbonyl (C=O) groups excluding carboxylic acids is 4. The number of hydrogen-bond donors (Lipinski definition) is 1. The zero-order valence-corrected chi connectivity index (χ0v) is 30.5. The smallest absolute Gasteiger partial charge is 0.313 e. The van der Waals surface area contributed by atoms with Crippen molar-refractivity contribution in [3.8, 4) is 0 Å². The molecule has 3 aromatic carbocycles. The largest absolute Gasteiger partial charge is 0.455 e. The Hall–Kier alpha value is -4.32. The van der Waals surface area contributed by atoms with Crippen molar-refractivity contribution in [2.45, 2.75) is 60.9 Å². The fourth-order valence-corrected chi connectivity index (χ4v) is 9.04. The van der Waals surface area contributed by atoms with E-state index in [0.29, 0.717) is 24.1 Å². The molecule has 2 bridgehead atoms. The zero-order chi connectivity index (χ0) is 36.4. The number of rotatable bonds is 14. The van der Waals surface area contributed by atoms with Gasteiger partial charge in [-0.3, -0.25) is 19.2 Å². The van der Waals surface area contributed by atoms with Crippen molar-refractivity contribution in [2.75, 3.05) is 31.6 Å². The summed E-state index contributed by atoms with van der Waals surface area (Å²) in [4.78, 5) is 60.9. The first-order valence-electron chi connectivity index (χ1n) is 17.3. The summed E-state index contributed by atoms with van der Waals surface area (Å²) >= 11 is 3.72. The minimum Gasteiger partial charge on any atom is -0.455 e. The van der Waals surface area contributed by atoms with Gasteiger partial charge in [0.1, 0.15) is 17.7 Å². The molecule has 11 heteroatoms. The lowest BCUT2D eigenvalue weighted by atomic mass is 9.70. The van der Waals surface area contributed by atoms with E-state index in [2.05, 4.69) is 29.1 Å². The highest BCUT2D eigenvalue weighted by molar-refractivity contribution is 9.09. The van der Waals surface area contributed by atoms with E-state index in [9.17, 15) is 24.3 Å². The fraction of sp³-hybridized carbons (Fsp3) is 0.400. The molecule has 0 aliphatic carbocycles. The van der Waals surface area contributed by atoms with Gasteiger partial charge < -0.3 is 29.3 Å². The number of halogens is 1. The van der Waals surface area contributed by atoms with E-state index in [1.165, 1.54) is 4.90 Å². The number of fused-ring (bicyclic) bond motifs is 2. The first-order valence-corrected chi connectivity index (χ1v) is 18.3.